The molecule has 4 heteroatoms. The lowest BCUT2D eigenvalue weighted by molar-refractivity contribution is -0.116. The van der Waals surface area contributed by atoms with Gasteiger partial charge < -0.3 is 0 Å². The molecule has 0 spiro atoms. The number of ketones is 1. The van der Waals surface area contributed by atoms with Crippen LogP contribution in [0.5, 0.6) is 0 Å². The van der Waals surface area contributed by atoms with Crippen molar-refractivity contribution in [1.82, 2.24) is 0 Å². The molecule has 0 aromatic heterocycles. The topological polar surface area (TPSA) is 17.1 Å². The lowest BCUT2D eigenvalue weighted by Crippen LogP contribution is -2.07. The van der Waals surface area contributed by atoms with Gasteiger partial charge in [-0.25, -0.2) is 0 Å². The molecule has 76 valence electrons. The van der Waals surface area contributed by atoms with Gasteiger partial charge in [-0.1, -0.05) is 23.2 Å². The number of benzene rings is 1. The van der Waals surface area contributed by atoms with Gasteiger partial charge in [0.15, 0.2) is 0 Å². The van der Waals surface area contributed by atoms with E-state index < -0.39 is 0 Å². The second-order valence-electron chi connectivity index (χ2n) is 2.95. The molecule has 1 rings (SSSR count). The minimum Gasteiger partial charge on any atom is -0.299 e. The van der Waals surface area contributed by atoms with Crippen LogP contribution in [0.2, 0.25) is 10.0 Å². The third-order valence-corrected chi connectivity index (χ3v) is 3.73. The zero-order valence-corrected chi connectivity index (χ0v) is 10.2. The van der Waals surface area contributed by atoms with Crippen molar-refractivity contribution >= 4 is 40.7 Å². The van der Waals surface area contributed by atoms with Crippen molar-refractivity contribution in [1.29, 1.82) is 0 Å². The van der Waals surface area contributed by atoms with E-state index in [0.717, 1.165) is 4.90 Å². The molecule has 0 saturated heterocycles. The molecule has 0 aliphatic rings. The Bertz CT molecular complexity index is 352. The maximum Gasteiger partial charge on any atom is 0.142 e. The van der Waals surface area contributed by atoms with E-state index in [9.17, 15) is 4.79 Å². The Morgan fingerprint density at radius 1 is 1.36 bits per heavy atom. The van der Waals surface area contributed by atoms with Gasteiger partial charge in [0.2, 0.25) is 0 Å². The molecule has 1 atom stereocenters. The summed E-state index contributed by atoms with van der Waals surface area (Å²) in [5.74, 6) is 0.154. The third kappa shape index (κ3) is 3.19. The third-order valence-electron chi connectivity index (χ3n) is 1.78. The summed E-state index contributed by atoms with van der Waals surface area (Å²) in [6.07, 6.45) is 0. The molecule has 14 heavy (non-hydrogen) atoms. The second kappa shape index (κ2) is 5.06. The fourth-order valence-corrected chi connectivity index (χ4v) is 2.11. The van der Waals surface area contributed by atoms with Crippen LogP contribution in [0.25, 0.3) is 0 Å². The van der Waals surface area contributed by atoms with Gasteiger partial charge in [-0.3, -0.25) is 4.79 Å². The van der Waals surface area contributed by atoms with Crippen LogP contribution < -0.4 is 0 Å². The fraction of sp³-hybridized carbons (Fsp3) is 0.300. The van der Waals surface area contributed by atoms with Crippen molar-refractivity contribution in [3.63, 3.8) is 0 Å². The highest BCUT2D eigenvalue weighted by Crippen LogP contribution is 2.30. The Morgan fingerprint density at radius 3 is 2.50 bits per heavy atom. The molecule has 0 aliphatic heterocycles. The number of thioether (sulfide) groups is 1. The maximum absolute atomic E-state index is 11.0. The van der Waals surface area contributed by atoms with Crippen LogP contribution in [0.1, 0.15) is 13.8 Å². The largest absolute Gasteiger partial charge is 0.299 e. The monoisotopic (exact) mass is 248 g/mol. The van der Waals surface area contributed by atoms with Crippen LogP contribution >= 0.6 is 35.0 Å². The highest BCUT2D eigenvalue weighted by atomic mass is 35.5. The van der Waals surface area contributed by atoms with Gasteiger partial charge in [0, 0.05) is 4.90 Å². The van der Waals surface area contributed by atoms with E-state index in [2.05, 4.69) is 0 Å². The average molecular weight is 249 g/mol. The van der Waals surface area contributed by atoms with E-state index in [0.29, 0.717) is 10.0 Å². The molecule has 0 N–H and O–H groups in total. The van der Waals surface area contributed by atoms with Gasteiger partial charge in [0.25, 0.3) is 0 Å². The zero-order chi connectivity index (χ0) is 10.7. The van der Waals surface area contributed by atoms with Crippen LogP contribution in [-0.2, 0) is 4.79 Å². The number of carbonyl (C=O) groups excluding carboxylic acids is 1. The minimum atomic E-state index is -0.0488. The van der Waals surface area contributed by atoms with Crippen molar-refractivity contribution in [2.24, 2.45) is 0 Å². The van der Waals surface area contributed by atoms with Gasteiger partial charge in [0.05, 0.1) is 15.3 Å². The normalized spacial score (nSPS) is 12.6. The number of carbonyl (C=O) groups is 1. The van der Waals surface area contributed by atoms with Crippen LogP contribution in [0.15, 0.2) is 23.1 Å². The molecule has 0 unspecified atom stereocenters. The van der Waals surface area contributed by atoms with E-state index in [-0.39, 0.29) is 11.0 Å². The minimum absolute atomic E-state index is 0.0488. The zero-order valence-electron chi connectivity index (χ0n) is 7.88. The summed E-state index contributed by atoms with van der Waals surface area (Å²) in [5.41, 5.74) is 0. The highest BCUT2D eigenvalue weighted by molar-refractivity contribution is 8.00. The van der Waals surface area contributed by atoms with Crippen molar-refractivity contribution in [3.05, 3.63) is 28.2 Å². The van der Waals surface area contributed by atoms with Gasteiger partial charge in [-0.05, 0) is 32.0 Å². The molecule has 0 fully saturated rings. The van der Waals surface area contributed by atoms with Crippen LogP contribution in [-0.4, -0.2) is 11.0 Å². The number of rotatable bonds is 3. The molecule has 0 aliphatic carbocycles. The summed E-state index contributed by atoms with van der Waals surface area (Å²) in [6, 6.07) is 5.37. The van der Waals surface area contributed by atoms with Gasteiger partial charge in [0.1, 0.15) is 5.78 Å². The summed E-state index contributed by atoms with van der Waals surface area (Å²) in [5, 5.41) is 1.01. The molecule has 0 bridgehead atoms. The molecule has 1 nitrogen and oxygen atoms in total. The number of halogens is 2. The molecule has 0 radical (unpaired) electrons. The van der Waals surface area contributed by atoms with E-state index in [1.165, 1.54) is 11.8 Å². The van der Waals surface area contributed by atoms with Crippen LogP contribution in [0.3, 0.4) is 0 Å². The summed E-state index contributed by atoms with van der Waals surface area (Å²) in [4.78, 5) is 12.0. The summed E-state index contributed by atoms with van der Waals surface area (Å²) < 4.78 is 0. The van der Waals surface area contributed by atoms with Crippen LogP contribution in [0, 0.1) is 0 Å². The van der Waals surface area contributed by atoms with Gasteiger partial charge in [-0.2, -0.15) is 0 Å². The first kappa shape index (κ1) is 11.9. The summed E-state index contributed by atoms with van der Waals surface area (Å²) in [6.45, 7) is 3.45. The Hall–Kier alpha value is -0.180. The van der Waals surface area contributed by atoms with E-state index in [1.807, 2.05) is 13.0 Å². The lowest BCUT2D eigenvalue weighted by atomic mass is 10.3. The molecule has 0 heterocycles. The standard InChI is InChI=1S/C10H10Cl2OS/c1-6(13)7(2)14-8-3-4-9(11)10(12)5-8/h3-5,7H,1-2H3/t7-/m0/s1. The quantitative estimate of drug-likeness (QED) is 0.751. The maximum atomic E-state index is 11.0. The molecule has 1 aromatic carbocycles. The number of hydrogen-bond donors (Lipinski definition) is 0. The first-order valence-corrected chi connectivity index (χ1v) is 5.76. The van der Waals surface area contributed by atoms with Crippen LogP contribution in [0.4, 0.5) is 0 Å². The average Bonchev–Trinajstić information content (AvgIpc) is 2.11. The van der Waals surface area contributed by atoms with E-state index in [4.69, 9.17) is 23.2 Å². The van der Waals surface area contributed by atoms with Gasteiger partial charge in [-0.15, -0.1) is 11.8 Å². The van der Waals surface area contributed by atoms with Crippen molar-refractivity contribution < 1.29 is 4.79 Å². The number of Topliss-reactive ketones (excluding diaryl/α,β-unsaturated/α-hetero) is 1. The lowest BCUT2D eigenvalue weighted by Gasteiger charge is -2.07. The Labute approximate surface area is 97.8 Å². The molecule has 1 aromatic rings. The Morgan fingerprint density at radius 2 is 2.00 bits per heavy atom. The first-order valence-electron chi connectivity index (χ1n) is 4.13. The second-order valence-corrected chi connectivity index (χ2v) is 5.18. The van der Waals surface area contributed by atoms with E-state index >= 15 is 0 Å². The fourth-order valence-electron chi connectivity index (χ4n) is 0.837. The van der Waals surface area contributed by atoms with Crippen molar-refractivity contribution in [2.75, 3.05) is 0 Å². The molecular weight excluding hydrogens is 239 g/mol. The molecule has 0 amide bonds. The SMILES string of the molecule is CC(=O)[C@H](C)Sc1ccc(Cl)c(Cl)c1. The smallest absolute Gasteiger partial charge is 0.142 e. The number of hydrogen-bond acceptors (Lipinski definition) is 2. The van der Waals surface area contributed by atoms with Gasteiger partial charge >= 0.3 is 0 Å². The summed E-state index contributed by atoms with van der Waals surface area (Å²) >= 11 is 13.1. The predicted molar refractivity (Wildman–Crippen MR) is 62.5 cm³/mol. The predicted octanol–water partition coefficient (Wildman–Crippen LogP) is 4.06. The highest BCUT2D eigenvalue weighted by Gasteiger charge is 2.09. The first-order chi connectivity index (χ1) is 6.50. The molecular formula is C10H10Cl2OS. The Balaban J connectivity index is 2.78. The summed E-state index contributed by atoms with van der Waals surface area (Å²) in [7, 11) is 0. The van der Waals surface area contributed by atoms with Crippen molar-refractivity contribution in [2.45, 2.75) is 24.0 Å². The molecule has 0 saturated carbocycles. The van der Waals surface area contributed by atoms with E-state index in [1.54, 1.807) is 19.1 Å². The Kier molecular flexibility index (Phi) is 4.30. The van der Waals surface area contributed by atoms with Crippen molar-refractivity contribution in [3.8, 4) is 0 Å².